The van der Waals surface area contributed by atoms with Gasteiger partial charge >= 0.3 is 0 Å². The molecule has 39 heavy (non-hydrogen) atoms. The number of halogens is 1. The first-order chi connectivity index (χ1) is 18.6. The van der Waals surface area contributed by atoms with Crippen molar-refractivity contribution in [3.8, 4) is 0 Å². The molecule has 2 aliphatic rings. The number of carbonyl (C=O) groups excluding carboxylic acids is 1. The fourth-order valence-corrected chi connectivity index (χ4v) is 6.95. The number of hydrogen-bond acceptors (Lipinski definition) is 7. The zero-order chi connectivity index (χ0) is 28.0. The number of anilines is 2. The van der Waals surface area contributed by atoms with E-state index in [0.717, 1.165) is 24.6 Å². The van der Waals surface area contributed by atoms with Crippen LogP contribution in [-0.2, 0) is 24.8 Å². The highest BCUT2D eigenvalue weighted by molar-refractivity contribution is 7.55. The van der Waals surface area contributed by atoms with Crippen molar-refractivity contribution in [3.05, 3.63) is 70.6 Å². The molecular formula is C28H37ClN5O4P. The number of nitrogens with zero attached hydrogens (tertiary/aromatic N) is 2. The minimum Gasteiger partial charge on any atom is -0.486 e. The zero-order valence-corrected chi connectivity index (χ0v) is 24.1. The lowest BCUT2D eigenvalue weighted by Crippen LogP contribution is -2.45. The van der Waals surface area contributed by atoms with Crippen LogP contribution in [0.2, 0.25) is 5.02 Å². The number of nitrogens with one attached hydrogen (secondary N) is 2. The minimum atomic E-state index is -3.15. The maximum Gasteiger partial charge on any atom is 0.293 e. The van der Waals surface area contributed by atoms with Gasteiger partial charge in [-0.05, 0) is 55.7 Å². The molecule has 4 N–H and O–H groups in total. The average molecular weight is 574 g/mol. The molecule has 2 aromatic carbocycles. The molecule has 1 amide bonds. The van der Waals surface area contributed by atoms with E-state index in [9.17, 15) is 9.36 Å². The van der Waals surface area contributed by atoms with Gasteiger partial charge in [0.05, 0.1) is 19.4 Å². The molecule has 4 rings (SSSR count). The Bertz CT molecular complexity index is 1260. The average Bonchev–Trinajstić information content (AvgIpc) is 3.65. The molecule has 1 aliphatic carbocycles. The van der Waals surface area contributed by atoms with Crippen LogP contribution < -0.4 is 11.1 Å². The SMILES string of the molecule is CCOP(=O)(Cc1ccc(N)cc1)N1CCN(/C(C=N)=C(\OCC2(C)CC2)C(=O)Nc2cccc(Cl)c2)CC1. The molecule has 210 valence electrons. The van der Waals surface area contributed by atoms with Crippen molar-refractivity contribution in [2.24, 2.45) is 5.41 Å². The zero-order valence-electron chi connectivity index (χ0n) is 22.5. The fourth-order valence-electron chi connectivity index (χ4n) is 4.44. The van der Waals surface area contributed by atoms with E-state index >= 15 is 0 Å². The van der Waals surface area contributed by atoms with Crippen molar-refractivity contribution < 1.29 is 18.6 Å². The normalized spacial score (nSPS) is 19.0. The van der Waals surface area contributed by atoms with Crippen molar-refractivity contribution >= 4 is 42.6 Å². The number of carbonyl (C=O) groups is 1. The van der Waals surface area contributed by atoms with Crippen molar-refractivity contribution in [3.63, 3.8) is 0 Å². The van der Waals surface area contributed by atoms with Gasteiger partial charge in [-0.15, -0.1) is 0 Å². The number of piperazine rings is 1. The quantitative estimate of drug-likeness (QED) is 0.0995. The second kappa shape index (κ2) is 12.6. The standard InChI is InChI=1S/C28H37ClN5O4P/c1-3-38-39(36,19-21-7-9-23(31)10-8-21)34-15-13-33(14-16-34)25(18-30)26(37-20-28(2)11-12-28)27(35)32-24-6-4-5-22(29)17-24/h4-10,17-18,30H,3,11-16,19-20,31H2,1-2H3,(H,32,35)/b26-25-,30-18?. The maximum atomic E-state index is 14.0. The van der Waals surface area contributed by atoms with Crippen LogP contribution in [0.5, 0.6) is 0 Å². The molecule has 11 heteroatoms. The lowest BCUT2D eigenvalue weighted by atomic mass is 10.2. The van der Waals surface area contributed by atoms with Gasteiger partial charge in [0.25, 0.3) is 13.4 Å². The Balaban J connectivity index is 1.52. The van der Waals surface area contributed by atoms with Gasteiger partial charge in [0.2, 0.25) is 5.76 Å². The van der Waals surface area contributed by atoms with Gasteiger partial charge in [0.15, 0.2) is 0 Å². The summed E-state index contributed by atoms with van der Waals surface area (Å²) in [6, 6.07) is 14.2. The van der Waals surface area contributed by atoms with E-state index < -0.39 is 13.4 Å². The molecule has 1 unspecified atom stereocenters. The Kier molecular flexibility index (Phi) is 9.39. The van der Waals surface area contributed by atoms with Gasteiger partial charge in [-0.2, -0.15) is 0 Å². The number of benzene rings is 2. The van der Waals surface area contributed by atoms with Crippen molar-refractivity contribution in [2.75, 3.05) is 50.4 Å². The summed E-state index contributed by atoms with van der Waals surface area (Å²) in [6.45, 7) is 6.49. The van der Waals surface area contributed by atoms with Gasteiger partial charge in [-0.25, -0.2) is 4.67 Å². The Labute approximate surface area is 235 Å². The molecule has 0 bridgehead atoms. The molecule has 1 heterocycles. The molecule has 1 saturated carbocycles. The van der Waals surface area contributed by atoms with Crippen molar-refractivity contribution in [1.82, 2.24) is 9.57 Å². The molecule has 1 saturated heterocycles. The summed E-state index contributed by atoms with van der Waals surface area (Å²) in [6.07, 6.45) is 3.52. The lowest BCUT2D eigenvalue weighted by Gasteiger charge is -2.39. The second-order valence-corrected chi connectivity index (χ2v) is 13.2. The topological polar surface area (TPSA) is 121 Å². The third kappa shape index (κ3) is 7.63. The monoisotopic (exact) mass is 573 g/mol. The summed E-state index contributed by atoms with van der Waals surface area (Å²) in [5.74, 6) is -0.341. The van der Waals surface area contributed by atoms with Crippen LogP contribution in [0.1, 0.15) is 32.3 Å². The highest BCUT2D eigenvalue weighted by atomic mass is 35.5. The molecule has 2 fully saturated rings. The van der Waals surface area contributed by atoms with Crippen LogP contribution in [0.4, 0.5) is 11.4 Å². The Morgan fingerprint density at radius 3 is 2.46 bits per heavy atom. The Hall–Kier alpha value is -2.84. The number of nitrogen functional groups attached to an aromatic ring is 1. The summed E-state index contributed by atoms with van der Waals surface area (Å²) >= 11 is 6.10. The molecule has 0 aromatic heterocycles. The largest absolute Gasteiger partial charge is 0.486 e. The van der Waals surface area contributed by atoms with Crippen LogP contribution in [0.25, 0.3) is 0 Å². The van der Waals surface area contributed by atoms with E-state index in [4.69, 9.17) is 32.0 Å². The molecule has 1 atom stereocenters. The van der Waals surface area contributed by atoms with Gasteiger partial charge in [-0.3, -0.25) is 9.36 Å². The number of nitrogens with two attached hydrogens (primary N) is 1. The van der Waals surface area contributed by atoms with Crippen LogP contribution in [0, 0.1) is 10.8 Å². The smallest absolute Gasteiger partial charge is 0.293 e. The number of ether oxygens (including phenoxy) is 1. The Morgan fingerprint density at radius 2 is 1.87 bits per heavy atom. The third-order valence-corrected chi connectivity index (χ3v) is 9.97. The van der Waals surface area contributed by atoms with E-state index in [2.05, 4.69) is 12.2 Å². The summed E-state index contributed by atoms with van der Waals surface area (Å²) in [4.78, 5) is 15.3. The maximum absolute atomic E-state index is 14.0. The predicted molar refractivity (Wildman–Crippen MR) is 156 cm³/mol. The molecular weight excluding hydrogens is 537 g/mol. The summed E-state index contributed by atoms with van der Waals surface area (Å²) in [5, 5.41) is 11.5. The predicted octanol–water partition coefficient (Wildman–Crippen LogP) is 5.59. The number of amides is 1. The van der Waals surface area contributed by atoms with Gasteiger partial charge in [0, 0.05) is 54.2 Å². The summed E-state index contributed by atoms with van der Waals surface area (Å²) in [5.41, 5.74) is 8.33. The van der Waals surface area contributed by atoms with E-state index in [1.165, 1.54) is 0 Å². The van der Waals surface area contributed by atoms with Crippen LogP contribution in [0.15, 0.2) is 60.0 Å². The third-order valence-electron chi connectivity index (χ3n) is 7.05. The van der Waals surface area contributed by atoms with Gasteiger partial charge in [-0.1, -0.05) is 36.7 Å². The van der Waals surface area contributed by atoms with Crippen LogP contribution in [0.3, 0.4) is 0 Å². The Morgan fingerprint density at radius 1 is 1.18 bits per heavy atom. The second-order valence-electron chi connectivity index (χ2n) is 10.3. The number of allylic oxidation sites excluding steroid dienone is 1. The fraction of sp³-hybridized carbons (Fsp3) is 0.429. The first kappa shape index (κ1) is 29.2. The van der Waals surface area contributed by atoms with E-state index in [-0.39, 0.29) is 17.3 Å². The van der Waals surface area contributed by atoms with Crippen molar-refractivity contribution in [1.29, 1.82) is 5.41 Å². The van der Waals surface area contributed by atoms with Crippen LogP contribution >= 0.6 is 19.1 Å². The first-order valence-corrected chi connectivity index (χ1v) is 15.3. The summed E-state index contributed by atoms with van der Waals surface area (Å²) < 4.78 is 27.8. The molecule has 1 aliphatic heterocycles. The van der Waals surface area contributed by atoms with Gasteiger partial charge < -0.3 is 30.6 Å². The molecule has 9 nitrogen and oxygen atoms in total. The lowest BCUT2D eigenvalue weighted by molar-refractivity contribution is -0.116. The van der Waals surface area contributed by atoms with Crippen LogP contribution in [-0.4, -0.2) is 61.1 Å². The molecule has 2 aromatic rings. The summed E-state index contributed by atoms with van der Waals surface area (Å²) in [7, 11) is -3.15. The highest BCUT2D eigenvalue weighted by Crippen LogP contribution is 2.54. The van der Waals surface area contributed by atoms with E-state index in [1.54, 1.807) is 36.4 Å². The van der Waals surface area contributed by atoms with Gasteiger partial charge in [0.1, 0.15) is 5.70 Å². The first-order valence-electron chi connectivity index (χ1n) is 13.2. The van der Waals surface area contributed by atoms with E-state index in [0.29, 0.717) is 61.5 Å². The number of rotatable bonds is 12. The molecule has 0 spiro atoms. The minimum absolute atomic E-state index is 0.0413. The van der Waals surface area contributed by atoms with Crippen molar-refractivity contribution in [2.45, 2.75) is 32.9 Å². The van der Waals surface area contributed by atoms with E-state index in [1.807, 2.05) is 28.6 Å². The molecule has 0 radical (unpaired) electrons. The number of hydrogen-bond donors (Lipinski definition) is 3. The highest BCUT2D eigenvalue weighted by Gasteiger charge is 2.40.